The van der Waals surface area contributed by atoms with Crippen molar-refractivity contribution < 1.29 is 9.47 Å². The molecule has 0 fully saturated rings. The number of benzene rings is 1. The summed E-state index contributed by atoms with van der Waals surface area (Å²) < 4.78 is 14.8. The van der Waals surface area contributed by atoms with Crippen LogP contribution in [-0.2, 0) is 7.05 Å². The second-order valence-corrected chi connectivity index (χ2v) is 5.41. The number of rotatable bonds is 2. The molecule has 0 spiro atoms. The van der Waals surface area contributed by atoms with Crippen molar-refractivity contribution in [2.24, 2.45) is 7.05 Å². The predicted octanol–water partition coefficient (Wildman–Crippen LogP) is 2.62. The fraction of sp³-hybridized carbons (Fsp3) is 0.250. The zero-order valence-electron chi connectivity index (χ0n) is 12.7. The first-order valence-corrected chi connectivity index (χ1v) is 7.08. The summed E-state index contributed by atoms with van der Waals surface area (Å²) in [5.41, 5.74) is 4.10. The van der Waals surface area contributed by atoms with Gasteiger partial charge in [0.15, 0.2) is 11.5 Å². The number of hydrogen-bond acceptors (Lipinski definition) is 4. The number of imidazole rings is 1. The molecule has 0 amide bonds. The molecule has 112 valence electrons. The first-order chi connectivity index (χ1) is 10.6. The lowest BCUT2D eigenvalue weighted by atomic mass is 10.1. The summed E-state index contributed by atoms with van der Waals surface area (Å²) in [4.78, 5) is 4.53. The summed E-state index contributed by atoms with van der Waals surface area (Å²) in [6.07, 6.45) is 5.73. The van der Waals surface area contributed by atoms with E-state index in [1.54, 1.807) is 10.9 Å². The van der Waals surface area contributed by atoms with Crippen LogP contribution in [0.5, 0.6) is 11.5 Å². The van der Waals surface area contributed by atoms with E-state index in [2.05, 4.69) is 10.1 Å². The zero-order chi connectivity index (χ0) is 15.3. The molecule has 1 aliphatic rings. The van der Waals surface area contributed by atoms with Crippen LogP contribution in [0, 0.1) is 13.8 Å². The third kappa shape index (κ3) is 1.88. The number of nitrogens with zero attached hydrogens (tertiary/aromatic N) is 4. The molecule has 3 aromatic rings. The lowest BCUT2D eigenvalue weighted by Crippen LogP contribution is -1.98. The van der Waals surface area contributed by atoms with E-state index in [1.807, 2.05) is 50.0 Å². The lowest BCUT2D eigenvalue weighted by molar-refractivity contribution is 0.174. The van der Waals surface area contributed by atoms with Crippen LogP contribution in [-0.4, -0.2) is 26.1 Å². The van der Waals surface area contributed by atoms with Crippen LogP contribution in [0.2, 0.25) is 0 Å². The first kappa shape index (κ1) is 12.9. The van der Waals surface area contributed by atoms with E-state index in [9.17, 15) is 0 Å². The highest BCUT2D eigenvalue weighted by Gasteiger charge is 2.19. The fourth-order valence-electron chi connectivity index (χ4n) is 2.81. The molecule has 6 heteroatoms. The molecule has 0 radical (unpaired) electrons. The molecule has 0 saturated heterocycles. The van der Waals surface area contributed by atoms with Crippen LogP contribution in [0.3, 0.4) is 0 Å². The van der Waals surface area contributed by atoms with Crippen molar-refractivity contribution in [1.29, 1.82) is 0 Å². The van der Waals surface area contributed by atoms with E-state index in [1.165, 1.54) is 0 Å². The average Bonchev–Trinajstić information content (AvgIpc) is 3.16. The Hall–Kier alpha value is -2.76. The second-order valence-electron chi connectivity index (χ2n) is 5.41. The van der Waals surface area contributed by atoms with Gasteiger partial charge in [-0.2, -0.15) is 5.10 Å². The number of hydrogen-bond donors (Lipinski definition) is 0. The van der Waals surface area contributed by atoms with E-state index in [0.717, 1.165) is 39.8 Å². The van der Waals surface area contributed by atoms with Crippen LogP contribution in [0.15, 0.2) is 30.7 Å². The van der Waals surface area contributed by atoms with Gasteiger partial charge in [0, 0.05) is 31.2 Å². The Morgan fingerprint density at radius 3 is 2.64 bits per heavy atom. The average molecular weight is 296 g/mol. The molecule has 0 bridgehead atoms. The van der Waals surface area contributed by atoms with Crippen molar-refractivity contribution >= 4 is 0 Å². The van der Waals surface area contributed by atoms with Crippen molar-refractivity contribution in [3.8, 4) is 28.6 Å². The van der Waals surface area contributed by atoms with Crippen molar-refractivity contribution in [3.63, 3.8) is 0 Å². The largest absolute Gasteiger partial charge is 0.454 e. The summed E-state index contributed by atoms with van der Waals surface area (Å²) in [5, 5.41) is 4.41. The second kappa shape index (κ2) is 4.62. The highest BCUT2D eigenvalue weighted by atomic mass is 16.7. The normalized spacial score (nSPS) is 12.9. The maximum Gasteiger partial charge on any atom is 0.231 e. The minimum atomic E-state index is 0.272. The van der Waals surface area contributed by atoms with Crippen molar-refractivity contribution in [2.75, 3.05) is 6.79 Å². The van der Waals surface area contributed by atoms with Crippen molar-refractivity contribution in [2.45, 2.75) is 13.8 Å². The molecule has 6 nitrogen and oxygen atoms in total. The van der Waals surface area contributed by atoms with Gasteiger partial charge in [-0.1, -0.05) is 0 Å². The van der Waals surface area contributed by atoms with E-state index in [0.29, 0.717) is 0 Å². The smallest absolute Gasteiger partial charge is 0.231 e. The molecule has 22 heavy (non-hydrogen) atoms. The van der Waals surface area contributed by atoms with Gasteiger partial charge in [0.1, 0.15) is 5.82 Å². The number of fused-ring (bicyclic) bond motifs is 1. The Morgan fingerprint density at radius 1 is 1.14 bits per heavy atom. The molecule has 0 unspecified atom stereocenters. The monoisotopic (exact) mass is 296 g/mol. The van der Waals surface area contributed by atoms with E-state index < -0.39 is 0 Å². The molecular formula is C16H16N4O2. The van der Waals surface area contributed by atoms with Gasteiger partial charge >= 0.3 is 0 Å². The van der Waals surface area contributed by atoms with Crippen LogP contribution in [0.1, 0.15) is 11.3 Å². The van der Waals surface area contributed by atoms with Crippen LogP contribution < -0.4 is 9.47 Å². The summed E-state index contributed by atoms with van der Waals surface area (Å²) in [6, 6.07) is 3.98. The fourth-order valence-corrected chi connectivity index (χ4v) is 2.81. The van der Waals surface area contributed by atoms with Gasteiger partial charge in [0.25, 0.3) is 0 Å². The molecular weight excluding hydrogens is 280 g/mol. The number of ether oxygens (including phenoxy) is 2. The maximum absolute atomic E-state index is 5.49. The number of aryl methyl sites for hydroxylation is 3. The quantitative estimate of drug-likeness (QED) is 0.729. The highest BCUT2D eigenvalue weighted by molar-refractivity contribution is 5.68. The SMILES string of the molecule is Cc1cc2c(cc1-c1nccn1-c1cn(C)nc1C)OCO2. The van der Waals surface area contributed by atoms with Gasteiger partial charge in [-0.15, -0.1) is 0 Å². The molecule has 1 aliphatic heterocycles. The summed E-state index contributed by atoms with van der Waals surface area (Å²) >= 11 is 0. The van der Waals surface area contributed by atoms with Gasteiger partial charge in [-0.25, -0.2) is 4.98 Å². The molecule has 1 aromatic carbocycles. The van der Waals surface area contributed by atoms with Crippen molar-refractivity contribution in [3.05, 3.63) is 42.0 Å². The van der Waals surface area contributed by atoms with Crippen LogP contribution >= 0.6 is 0 Å². The Kier molecular flexibility index (Phi) is 2.72. The topological polar surface area (TPSA) is 54.1 Å². The Balaban J connectivity index is 1.89. The summed E-state index contributed by atoms with van der Waals surface area (Å²) in [6.45, 7) is 4.31. The minimum Gasteiger partial charge on any atom is -0.454 e. The van der Waals surface area contributed by atoms with Gasteiger partial charge in [-0.3, -0.25) is 9.25 Å². The molecule has 4 rings (SSSR count). The van der Waals surface area contributed by atoms with Crippen LogP contribution in [0.4, 0.5) is 0 Å². The Labute approximate surface area is 127 Å². The van der Waals surface area contributed by atoms with Gasteiger partial charge in [0.05, 0.1) is 11.4 Å². The van der Waals surface area contributed by atoms with E-state index >= 15 is 0 Å². The summed E-state index contributed by atoms with van der Waals surface area (Å²) in [5.74, 6) is 2.42. The number of aromatic nitrogens is 4. The van der Waals surface area contributed by atoms with Gasteiger partial charge < -0.3 is 9.47 Å². The van der Waals surface area contributed by atoms with Gasteiger partial charge in [-0.05, 0) is 31.5 Å². The third-order valence-electron chi connectivity index (χ3n) is 3.85. The van der Waals surface area contributed by atoms with Gasteiger partial charge in [0.2, 0.25) is 6.79 Å². The van der Waals surface area contributed by atoms with Crippen molar-refractivity contribution in [1.82, 2.24) is 19.3 Å². The molecule has 3 heterocycles. The third-order valence-corrected chi connectivity index (χ3v) is 3.85. The highest BCUT2D eigenvalue weighted by Crippen LogP contribution is 2.38. The zero-order valence-corrected chi connectivity index (χ0v) is 12.7. The lowest BCUT2D eigenvalue weighted by Gasteiger charge is -2.10. The van der Waals surface area contributed by atoms with E-state index in [-0.39, 0.29) is 6.79 Å². The Morgan fingerprint density at radius 2 is 1.91 bits per heavy atom. The summed E-state index contributed by atoms with van der Waals surface area (Å²) in [7, 11) is 1.92. The Bertz CT molecular complexity index is 863. The first-order valence-electron chi connectivity index (χ1n) is 7.08. The molecule has 2 aromatic heterocycles. The molecule has 0 saturated carbocycles. The van der Waals surface area contributed by atoms with E-state index in [4.69, 9.17) is 9.47 Å². The molecule has 0 atom stereocenters. The molecule has 0 N–H and O–H groups in total. The predicted molar refractivity (Wildman–Crippen MR) is 81.4 cm³/mol. The standard InChI is InChI=1S/C16H16N4O2/c1-10-6-14-15(22-9-21-14)7-12(10)16-17-4-5-20(16)13-8-19(3)18-11(13)2/h4-8H,9H2,1-3H3. The molecule has 0 aliphatic carbocycles. The maximum atomic E-state index is 5.49. The van der Waals surface area contributed by atoms with Crippen LogP contribution in [0.25, 0.3) is 17.1 Å². The minimum absolute atomic E-state index is 0.272.